The van der Waals surface area contributed by atoms with Crippen molar-refractivity contribution in [1.82, 2.24) is 15.2 Å². The maximum Gasteiger partial charge on any atom is 0.185 e. The van der Waals surface area contributed by atoms with E-state index in [2.05, 4.69) is 48.0 Å². The highest BCUT2D eigenvalue weighted by Gasteiger charge is 2.22. The fourth-order valence-electron chi connectivity index (χ4n) is 2.70. The minimum absolute atomic E-state index is 0.405. The first kappa shape index (κ1) is 14.8. The maximum atomic E-state index is 4.57. The summed E-state index contributed by atoms with van der Waals surface area (Å²) in [5.41, 5.74) is 0. The van der Waals surface area contributed by atoms with Crippen molar-refractivity contribution in [2.24, 2.45) is 5.92 Å². The monoisotopic (exact) mass is 282 g/mol. The van der Waals surface area contributed by atoms with E-state index in [0.717, 1.165) is 24.1 Å². The third kappa shape index (κ3) is 3.91. The molecule has 1 aliphatic rings. The van der Waals surface area contributed by atoms with Gasteiger partial charge in [0.15, 0.2) is 5.13 Å². The summed E-state index contributed by atoms with van der Waals surface area (Å²) >= 11 is 1.81. The lowest BCUT2D eigenvalue weighted by molar-refractivity contribution is 0.396. The van der Waals surface area contributed by atoms with E-state index in [4.69, 9.17) is 0 Å². The molecule has 1 fully saturated rings. The van der Waals surface area contributed by atoms with Crippen molar-refractivity contribution in [2.45, 2.75) is 26.3 Å². The van der Waals surface area contributed by atoms with Crippen LogP contribution in [0.25, 0.3) is 0 Å². The molecule has 4 nitrogen and oxygen atoms in total. The van der Waals surface area contributed by atoms with E-state index in [1.807, 2.05) is 17.5 Å². The number of likely N-dealkylation sites (tertiary alicyclic amines) is 1. The predicted molar refractivity (Wildman–Crippen MR) is 83.1 cm³/mol. The van der Waals surface area contributed by atoms with Crippen molar-refractivity contribution in [2.75, 3.05) is 45.2 Å². The fourth-order valence-corrected chi connectivity index (χ4v) is 3.61. The van der Waals surface area contributed by atoms with Gasteiger partial charge in [-0.3, -0.25) is 0 Å². The van der Waals surface area contributed by atoms with Crippen LogP contribution in [0.3, 0.4) is 0 Å². The second-order valence-electron chi connectivity index (χ2n) is 5.62. The smallest absolute Gasteiger partial charge is 0.185 e. The molecule has 2 heterocycles. The van der Waals surface area contributed by atoms with E-state index in [1.165, 1.54) is 24.4 Å². The van der Waals surface area contributed by atoms with Crippen molar-refractivity contribution in [3.8, 4) is 0 Å². The van der Waals surface area contributed by atoms with Gasteiger partial charge < -0.3 is 15.1 Å². The Labute approximate surface area is 120 Å². The van der Waals surface area contributed by atoms with Crippen LogP contribution in [0.1, 0.15) is 31.2 Å². The first-order valence-electron chi connectivity index (χ1n) is 7.19. The van der Waals surface area contributed by atoms with Gasteiger partial charge >= 0.3 is 0 Å². The Bertz CT molecular complexity index is 393. The van der Waals surface area contributed by atoms with E-state index in [-0.39, 0.29) is 0 Å². The highest BCUT2D eigenvalue weighted by molar-refractivity contribution is 7.15. The summed E-state index contributed by atoms with van der Waals surface area (Å²) in [4.78, 5) is 10.6. The molecule has 19 heavy (non-hydrogen) atoms. The largest absolute Gasteiger partial charge is 0.351 e. The van der Waals surface area contributed by atoms with E-state index in [1.54, 1.807) is 0 Å². The summed E-state index contributed by atoms with van der Waals surface area (Å²) in [7, 11) is 4.37. The third-order valence-corrected chi connectivity index (χ3v) is 5.09. The maximum absolute atomic E-state index is 4.57. The molecule has 0 aliphatic carbocycles. The number of nitrogens with one attached hydrogen (secondary N) is 1. The van der Waals surface area contributed by atoms with E-state index in [0.29, 0.717) is 6.04 Å². The van der Waals surface area contributed by atoms with Crippen molar-refractivity contribution in [3.05, 3.63) is 11.1 Å². The van der Waals surface area contributed by atoms with Gasteiger partial charge in [-0.05, 0) is 39.4 Å². The zero-order valence-corrected chi connectivity index (χ0v) is 13.3. The molecule has 108 valence electrons. The van der Waals surface area contributed by atoms with Crippen molar-refractivity contribution < 1.29 is 0 Å². The zero-order chi connectivity index (χ0) is 13.8. The van der Waals surface area contributed by atoms with Gasteiger partial charge in [-0.15, -0.1) is 11.3 Å². The first-order valence-corrected chi connectivity index (χ1v) is 8.00. The molecule has 0 aromatic carbocycles. The van der Waals surface area contributed by atoms with Crippen LogP contribution in [-0.4, -0.2) is 50.2 Å². The molecular formula is C14H26N4S. The van der Waals surface area contributed by atoms with Gasteiger partial charge in [-0.25, -0.2) is 4.98 Å². The number of hydrogen-bond donors (Lipinski definition) is 1. The van der Waals surface area contributed by atoms with Crippen LogP contribution >= 0.6 is 11.3 Å². The van der Waals surface area contributed by atoms with Crippen LogP contribution in [0.2, 0.25) is 0 Å². The van der Waals surface area contributed by atoms with Crippen LogP contribution in [0, 0.1) is 5.92 Å². The van der Waals surface area contributed by atoms with Crippen LogP contribution in [0.15, 0.2) is 6.20 Å². The van der Waals surface area contributed by atoms with Gasteiger partial charge in [0.05, 0.1) is 0 Å². The fraction of sp³-hybridized carbons (Fsp3) is 0.786. The van der Waals surface area contributed by atoms with Gasteiger partial charge in [0.1, 0.15) is 0 Å². The molecule has 0 spiro atoms. The molecule has 5 heteroatoms. The molecule has 0 amide bonds. The minimum Gasteiger partial charge on any atom is -0.351 e. The first-order chi connectivity index (χ1) is 9.10. The summed E-state index contributed by atoms with van der Waals surface area (Å²) in [5, 5.41) is 4.59. The topological polar surface area (TPSA) is 31.4 Å². The van der Waals surface area contributed by atoms with Crippen LogP contribution in [0.5, 0.6) is 0 Å². The number of aromatic nitrogens is 1. The molecule has 1 N–H and O–H groups in total. The van der Waals surface area contributed by atoms with Gasteiger partial charge in [-0.2, -0.15) is 0 Å². The Morgan fingerprint density at radius 1 is 1.63 bits per heavy atom. The quantitative estimate of drug-likeness (QED) is 0.867. The van der Waals surface area contributed by atoms with Gasteiger partial charge in [0.25, 0.3) is 0 Å². The highest BCUT2D eigenvalue weighted by Crippen LogP contribution is 2.27. The summed E-state index contributed by atoms with van der Waals surface area (Å²) in [5.74, 6) is 0.786. The zero-order valence-electron chi connectivity index (χ0n) is 12.5. The van der Waals surface area contributed by atoms with Crippen LogP contribution in [0.4, 0.5) is 5.13 Å². The average molecular weight is 282 g/mol. The second kappa shape index (κ2) is 6.68. The second-order valence-corrected chi connectivity index (χ2v) is 6.66. The number of nitrogens with zero attached hydrogens (tertiary/aromatic N) is 3. The molecule has 1 saturated heterocycles. The Hall–Kier alpha value is -0.650. The number of hydrogen-bond acceptors (Lipinski definition) is 5. The molecule has 0 saturated carbocycles. The van der Waals surface area contributed by atoms with Crippen LogP contribution < -0.4 is 10.2 Å². The number of rotatable bonds is 6. The van der Waals surface area contributed by atoms with Gasteiger partial charge in [0.2, 0.25) is 0 Å². The summed E-state index contributed by atoms with van der Waals surface area (Å²) in [6.45, 7) is 8.91. The average Bonchev–Trinajstić information content (AvgIpc) is 2.98. The molecule has 1 aromatic heterocycles. The Kier molecular flexibility index (Phi) is 5.19. The molecule has 1 aromatic rings. The summed E-state index contributed by atoms with van der Waals surface area (Å²) in [6, 6.07) is 0.405. The number of thiazole rings is 1. The summed E-state index contributed by atoms with van der Waals surface area (Å²) < 4.78 is 0. The lowest BCUT2D eigenvalue weighted by atomic mass is 10.1. The number of anilines is 1. The normalized spacial score (nSPS) is 21.8. The Morgan fingerprint density at radius 3 is 3.05 bits per heavy atom. The molecule has 0 radical (unpaired) electrons. The van der Waals surface area contributed by atoms with Crippen molar-refractivity contribution in [1.29, 1.82) is 0 Å². The van der Waals surface area contributed by atoms with Crippen molar-refractivity contribution in [3.63, 3.8) is 0 Å². The lowest BCUT2D eigenvalue weighted by Crippen LogP contribution is -2.27. The molecule has 1 aliphatic heterocycles. The third-order valence-electron chi connectivity index (χ3n) is 3.80. The molecule has 2 atom stereocenters. The van der Waals surface area contributed by atoms with E-state index >= 15 is 0 Å². The lowest BCUT2D eigenvalue weighted by Gasteiger charge is -2.20. The minimum atomic E-state index is 0.405. The highest BCUT2D eigenvalue weighted by atomic mass is 32.1. The van der Waals surface area contributed by atoms with E-state index in [9.17, 15) is 0 Å². The standard InChI is InChI=1S/C14H26N4S/c1-5-15-11(2)13-8-16-14(19-13)18(4)10-12-6-7-17(3)9-12/h8,11-12,15H,5-7,9-10H2,1-4H3. The van der Waals surface area contributed by atoms with E-state index < -0.39 is 0 Å². The molecule has 2 unspecified atom stereocenters. The molecule has 2 rings (SSSR count). The van der Waals surface area contributed by atoms with Crippen LogP contribution in [-0.2, 0) is 0 Å². The van der Waals surface area contributed by atoms with Gasteiger partial charge in [0, 0.05) is 37.3 Å². The predicted octanol–water partition coefficient (Wildman–Crippen LogP) is 2.20. The van der Waals surface area contributed by atoms with Crippen molar-refractivity contribution >= 4 is 16.5 Å². The summed E-state index contributed by atoms with van der Waals surface area (Å²) in [6.07, 6.45) is 3.33. The Morgan fingerprint density at radius 2 is 2.42 bits per heavy atom. The van der Waals surface area contributed by atoms with Gasteiger partial charge in [-0.1, -0.05) is 6.92 Å². The molecular weight excluding hydrogens is 256 g/mol. The molecule has 0 bridgehead atoms. The Balaban J connectivity index is 1.90. The SMILES string of the molecule is CCNC(C)c1cnc(N(C)CC2CCN(C)C2)s1.